The molecular weight excluding hydrogens is 234 g/mol. The lowest BCUT2D eigenvalue weighted by molar-refractivity contribution is -0.131. The predicted molar refractivity (Wildman–Crippen MR) is 73.1 cm³/mol. The topological polar surface area (TPSA) is 44.0 Å². The highest BCUT2D eigenvalue weighted by Crippen LogP contribution is 2.67. The third-order valence-corrected chi connectivity index (χ3v) is 7.24. The van der Waals surface area contributed by atoms with Gasteiger partial charge in [-0.2, -0.15) is 5.26 Å². The van der Waals surface area contributed by atoms with Crippen molar-refractivity contribution in [2.45, 2.75) is 69.8 Å². The summed E-state index contributed by atoms with van der Waals surface area (Å²) >= 11 is 0. The fourth-order valence-corrected chi connectivity index (χ4v) is 6.46. The predicted octanol–water partition coefficient (Wildman–Crippen LogP) is 3.65. The van der Waals surface area contributed by atoms with Crippen LogP contribution in [0.2, 0.25) is 0 Å². The molecule has 2 nitrogen and oxygen atoms in total. The second kappa shape index (κ2) is 3.98. The van der Waals surface area contributed by atoms with Crippen LogP contribution in [0.25, 0.3) is 0 Å². The lowest BCUT2D eigenvalue weighted by Gasteiger charge is -2.50. The molecule has 0 aliphatic heterocycles. The highest BCUT2D eigenvalue weighted by Gasteiger charge is 2.67. The molecule has 0 heterocycles. The number of fused-ring (bicyclic) bond motifs is 5. The lowest BCUT2D eigenvalue weighted by atomic mass is 9.56. The summed E-state index contributed by atoms with van der Waals surface area (Å²) in [6.45, 7) is 0. The highest BCUT2D eigenvalue weighted by molar-refractivity contribution is 5.22. The number of nitrogens with zero attached hydrogens (tertiary/aromatic N) is 1. The molecule has 5 atom stereocenters. The summed E-state index contributed by atoms with van der Waals surface area (Å²) in [6.07, 6.45) is 11.6. The van der Waals surface area contributed by atoms with E-state index in [0.717, 1.165) is 49.9 Å². The van der Waals surface area contributed by atoms with Crippen molar-refractivity contribution in [2.75, 3.05) is 0 Å². The van der Waals surface area contributed by atoms with Crippen LogP contribution in [0.5, 0.6) is 0 Å². The molecule has 0 spiro atoms. The first kappa shape index (κ1) is 12.2. The van der Waals surface area contributed by atoms with Crippen molar-refractivity contribution in [2.24, 2.45) is 29.1 Å². The van der Waals surface area contributed by atoms with E-state index < -0.39 is 11.0 Å². The Labute approximate surface area is 116 Å². The zero-order valence-corrected chi connectivity index (χ0v) is 11.8. The van der Waals surface area contributed by atoms with E-state index in [1.54, 1.807) is 0 Å². The highest BCUT2D eigenvalue weighted by atomic mass is 16.3. The van der Waals surface area contributed by atoms with Crippen molar-refractivity contribution in [3.63, 3.8) is 0 Å². The minimum atomic E-state index is -0.641. The Hall–Kier alpha value is -0.550. The molecular formula is C17H25NO. The maximum Gasteiger partial charge on any atom is 0.0866 e. The van der Waals surface area contributed by atoms with Crippen LogP contribution in [-0.2, 0) is 0 Å². The van der Waals surface area contributed by atoms with Crippen molar-refractivity contribution in [3.8, 4) is 6.07 Å². The van der Waals surface area contributed by atoms with Crippen molar-refractivity contribution in [1.82, 2.24) is 0 Å². The first-order chi connectivity index (χ1) is 9.20. The molecule has 0 aromatic carbocycles. The molecule has 0 saturated heterocycles. The van der Waals surface area contributed by atoms with Gasteiger partial charge in [-0.1, -0.05) is 25.7 Å². The SMILES string of the molecule is N#CC1(C2(O)CC3CC2C2CCCC32)CCCCC1. The van der Waals surface area contributed by atoms with Crippen LogP contribution in [0.15, 0.2) is 0 Å². The number of hydrogen-bond acceptors (Lipinski definition) is 2. The summed E-state index contributed by atoms with van der Waals surface area (Å²) in [5.41, 5.74) is -1.05. The van der Waals surface area contributed by atoms with E-state index in [0.29, 0.717) is 5.92 Å². The summed E-state index contributed by atoms with van der Waals surface area (Å²) in [5, 5.41) is 21.3. The molecule has 19 heavy (non-hydrogen) atoms. The van der Waals surface area contributed by atoms with Gasteiger partial charge in [0.1, 0.15) is 0 Å². The summed E-state index contributed by atoms with van der Waals surface area (Å²) in [7, 11) is 0. The molecule has 2 bridgehead atoms. The van der Waals surface area contributed by atoms with Crippen LogP contribution in [-0.4, -0.2) is 10.7 Å². The molecule has 0 aromatic heterocycles. The molecule has 104 valence electrons. The van der Waals surface area contributed by atoms with Gasteiger partial charge in [0.15, 0.2) is 0 Å². The smallest absolute Gasteiger partial charge is 0.0866 e. The van der Waals surface area contributed by atoms with Gasteiger partial charge in [-0.15, -0.1) is 0 Å². The molecule has 4 fully saturated rings. The van der Waals surface area contributed by atoms with Crippen molar-refractivity contribution in [3.05, 3.63) is 0 Å². The lowest BCUT2D eigenvalue weighted by Crippen LogP contribution is -2.55. The molecule has 5 unspecified atom stereocenters. The Morgan fingerprint density at radius 1 is 1.00 bits per heavy atom. The molecule has 4 saturated carbocycles. The maximum atomic E-state index is 11.5. The summed E-state index contributed by atoms with van der Waals surface area (Å²) in [5.74, 6) is 2.82. The maximum absolute atomic E-state index is 11.5. The van der Waals surface area contributed by atoms with Gasteiger partial charge in [-0.25, -0.2) is 0 Å². The normalized spacial score (nSPS) is 50.9. The second-order valence-corrected chi connectivity index (χ2v) is 7.74. The molecule has 0 aromatic rings. The Balaban J connectivity index is 1.69. The molecule has 4 aliphatic carbocycles. The van der Waals surface area contributed by atoms with Gasteiger partial charge in [-0.3, -0.25) is 0 Å². The van der Waals surface area contributed by atoms with E-state index in [1.807, 2.05) is 0 Å². The van der Waals surface area contributed by atoms with Gasteiger partial charge in [0, 0.05) is 0 Å². The Morgan fingerprint density at radius 2 is 1.74 bits per heavy atom. The third-order valence-electron chi connectivity index (χ3n) is 7.24. The third kappa shape index (κ3) is 1.40. The van der Waals surface area contributed by atoms with Crippen LogP contribution >= 0.6 is 0 Å². The quantitative estimate of drug-likeness (QED) is 0.781. The minimum Gasteiger partial charge on any atom is -0.388 e. The van der Waals surface area contributed by atoms with Crippen molar-refractivity contribution < 1.29 is 5.11 Å². The van der Waals surface area contributed by atoms with Crippen LogP contribution in [0.3, 0.4) is 0 Å². The van der Waals surface area contributed by atoms with Crippen LogP contribution < -0.4 is 0 Å². The zero-order chi connectivity index (χ0) is 13.1. The average molecular weight is 259 g/mol. The molecule has 0 amide bonds. The second-order valence-electron chi connectivity index (χ2n) is 7.74. The Kier molecular flexibility index (Phi) is 2.56. The van der Waals surface area contributed by atoms with Gasteiger partial charge >= 0.3 is 0 Å². The average Bonchev–Trinajstić information content (AvgIpc) is 3.10. The molecule has 2 heteroatoms. The van der Waals surface area contributed by atoms with E-state index in [2.05, 4.69) is 6.07 Å². The van der Waals surface area contributed by atoms with E-state index in [-0.39, 0.29) is 0 Å². The number of nitriles is 1. The van der Waals surface area contributed by atoms with Gasteiger partial charge in [0.25, 0.3) is 0 Å². The number of aliphatic hydroxyl groups is 1. The Morgan fingerprint density at radius 3 is 2.47 bits per heavy atom. The van der Waals surface area contributed by atoms with Crippen LogP contribution in [0.4, 0.5) is 0 Å². The molecule has 4 aliphatic rings. The van der Waals surface area contributed by atoms with Gasteiger partial charge in [0.2, 0.25) is 0 Å². The fraction of sp³-hybridized carbons (Fsp3) is 0.941. The van der Waals surface area contributed by atoms with E-state index in [4.69, 9.17) is 0 Å². The molecule has 4 rings (SSSR count). The fourth-order valence-electron chi connectivity index (χ4n) is 6.46. The van der Waals surface area contributed by atoms with Gasteiger partial charge in [0.05, 0.1) is 17.1 Å². The summed E-state index contributed by atoms with van der Waals surface area (Å²) in [6, 6.07) is 2.61. The number of hydrogen-bond donors (Lipinski definition) is 1. The van der Waals surface area contributed by atoms with E-state index in [9.17, 15) is 10.4 Å². The van der Waals surface area contributed by atoms with E-state index in [1.165, 1.54) is 32.1 Å². The summed E-state index contributed by atoms with van der Waals surface area (Å²) in [4.78, 5) is 0. The van der Waals surface area contributed by atoms with Crippen LogP contribution in [0, 0.1) is 40.4 Å². The first-order valence-electron chi connectivity index (χ1n) is 8.34. The van der Waals surface area contributed by atoms with E-state index >= 15 is 0 Å². The van der Waals surface area contributed by atoms with Crippen LogP contribution in [0.1, 0.15) is 64.2 Å². The molecule has 1 N–H and O–H groups in total. The zero-order valence-electron chi connectivity index (χ0n) is 11.8. The first-order valence-corrected chi connectivity index (χ1v) is 8.34. The minimum absolute atomic E-state index is 0.405. The van der Waals surface area contributed by atoms with Crippen molar-refractivity contribution in [1.29, 1.82) is 5.26 Å². The Bertz CT molecular complexity index is 419. The monoisotopic (exact) mass is 259 g/mol. The molecule has 0 radical (unpaired) electrons. The summed E-state index contributed by atoms with van der Waals surface area (Å²) < 4.78 is 0. The van der Waals surface area contributed by atoms with Gasteiger partial charge < -0.3 is 5.11 Å². The van der Waals surface area contributed by atoms with Gasteiger partial charge in [-0.05, 0) is 62.2 Å². The largest absolute Gasteiger partial charge is 0.388 e. The van der Waals surface area contributed by atoms with Crippen molar-refractivity contribution >= 4 is 0 Å². The standard InChI is InChI=1S/C17H25NO/c18-11-16(7-2-1-3-8-16)17(19)10-12-9-15(17)14-6-4-5-13(12)14/h12-15,19H,1-10H2. The number of rotatable bonds is 1.